The van der Waals surface area contributed by atoms with Gasteiger partial charge in [0.15, 0.2) is 12.4 Å². The summed E-state index contributed by atoms with van der Waals surface area (Å²) in [5, 5.41) is 3.86. The summed E-state index contributed by atoms with van der Waals surface area (Å²) in [5.41, 5.74) is 1.22. The molecule has 0 saturated heterocycles. The van der Waals surface area contributed by atoms with Crippen LogP contribution in [0, 0.1) is 12.8 Å². The van der Waals surface area contributed by atoms with Gasteiger partial charge < -0.3 is 14.5 Å². The molecule has 3 aromatic rings. The zero-order valence-corrected chi connectivity index (χ0v) is 17.9. The third-order valence-electron chi connectivity index (χ3n) is 4.30. The molecule has 1 aromatic heterocycles. The molecule has 0 unspecified atom stereocenters. The minimum absolute atomic E-state index is 0.0785. The Labute approximate surface area is 178 Å². The maximum Gasteiger partial charge on any atom is 0.257 e. The van der Waals surface area contributed by atoms with Gasteiger partial charge in [-0.2, -0.15) is 0 Å². The molecule has 3 rings (SSSR count). The highest BCUT2D eigenvalue weighted by atomic mass is 35.5. The number of fused-ring (bicyclic) bond motifs is 1. The number of halogens is 2. The zero-order valence-electron chi connectivity index (χ0n) is 16.3. The summed E-state index contributed by atoms with van der Waals surface area (Å²) in [6, 6.07) is 10.2. The first-order chi connectivity index (χ1) is 13.8. The van der Waals surface area contributed by atoms with Gasteiger partial charge in [-0.05, 0) is 42.7 Å². The largest absolute Gasteiger partial charge is 0.476 e. The van der Waals surface area contributed by atoms with Crippen LogP contribution in [-0.4, -0.2) is 19.1 Å². The van der Waals surface area contributed by atoms with Crippen molar-refractivity contribution in [1.29, 1.82) is 0 Å². The Bertz CT molecular complexity index is 1120. The fraction of sp³-hybridized carbons (Fsp3) is 0.273. The molecule has 1 amide bonds. The highest BCUT2D eigenvalue weighted by molar-refractivity contribution is 6.33. The van der Waals surface area contributed by atoms with E-state index in [1.165, 1.54) is 0 Å². The molecule has 0 atom stereocenters. The summed E-state index contributed by atoms with van der Waals surface area (Å²) in [5.74, 6) is 0.0655. The second-order valence-corrected chi connectivity index (χ2v) is 7.97. The molecule has 1 N–H and O–H groups in total. The highest BCUT2D eigenvalue weighted by Gasteiger charge is 2.21. The van der Waals surface area contributed by atoms with E-state index in [0.717, 1.165) is 5.56 Å². The van der Waals surface area contributed by atoms with Crippen LogP contribution < -0.4 is 15.5 Å². The van der Waals surface area contributed by atoms with Crippen LogP contribution in [0.2, 0.25) is 10.0 Å². The van der Waals surface area contributed by atoms with Crippen molar-refractivity contribution in [2.45, 2.75) is 20.8 Å². The lowest BCUT2D eigenvalue weighted by Crippen LogP contribution is -2.32. The number of ether oxygens (including phenoxy) is 1. The monoisotopic (exact) mass is 433 g/mol. The quantitative estimate of drug-likeness (QED) is 0.577. The van der Waals surface area contributed by atoms with Crippen LogP contribution >= 0.6 is 23.2 Å². The smallest absolute Gasteiger partial charge is 0.257 e. The van der Waals surface area contributed by atoms with E-state index in [1.807, 2.05) is 20.8 Å². The van der Waals surface area contributed by atoms with Gasteiger partial charge in [-0.15, -0.1) is 0 Å². The molecule has 7 heteroatoms. The number of carbonyl (C=O) groups is 1. The third kappa shape index (κ3) is 4.74. The van der Waals surface area contributed by atoms with Gasteiger partial charge in [-0.1, -0.05) is 49.2 Å². The van der Waals surface area contributed by atoms with Crippen molar-refractivity contribution in [2.75, 3.05) is 13.2 Å². The lowest BCUT2D eigenvalue weighted by atomic mass is 10.1. The van der Waals surface area contributed by atoms with Crippen LogP contribution in [0.25, 0.3) is 22.3 Å². The van der Waals surface area contributed by atoms with Crippen molar-refractivity contribution in [3.05, 3.63) is 62.2 Å². The second kappa shape index (κ2) is 8.89. The van der Waals surface area contributed by atoms with E-state index in [1.54, 1.807) is 36.4 Å². The minimum atomic E-state index is -0.417. The first kappa shape index (κ1) is 21.2. The standard InChI is InChI=1S/C22H21Cl2NO4/c1-12(2)10-25-19(26)11-28-22-20(27)15-9-17(24)13(3)8-18(15)29-21(22)14-6-4-5-7-16(14)23/h4-9,12H,10-11H2,1-3H3,(H,25,26). The van der Waals surface area contributed by atoms with Crippen molar-refractivity contribution in [1.82, 2.24) is 5.32 Å². The lowest BCUT2D eigenvalue weighted by Gasteiger charge is -2.13. The topological polar surface area (TPSA) is 68.5 Å². The lowest BCUT2D eigenvalue weighted by molar-refractivity contribution is -0.123. The van der Waals surface area contributed by atoms with Crippen molar-refractivity contribution in [3.63, 3.8) is 0 Å². The van der Waals surface area contributed by atoms with Gasteiger partial charge in [0.1, 0.15) is 5.58 Å². The Morgan fingerprint density at radius 3 is 2.59 bits per heavy atom. The molecule has 152 valence electrons. The summed E-state index contributed by atoms with van der Waals surface area (Å²) in [4.78, 5) is 25.3. The molecule has 0 bridgehead atoms. The first-order valence-corrected chi connectivity index (χ1v) is 9.95. The molecule has 1 heterocycles. The molecule has 0 aliphatic heterocycles. The third-order valence-corrected chi connectivity index (χ3v) is 5.04. The molecule has 5 nitrogen and oxygen atoms in total. The number of rotatable bonds is 6. The van der Waals surface area contributed by atoms with Gasteiger partial charge >= 0.3 is 0 Å². The summed E-state index contributed by atoms with van der Waals surface area (Å²) in [6.45, 7) is 5.99. The molecule has 0 spiro atoms. The first-order valence-electron chi connectivity index (χ1n) is 9.19. The van der Waals surface area contributed by atoms with Gasteiger partial charge in [0.2, 0.25) is 11.2 Å². The Balaban J connectivity index is 2.10. The van der Waals surface area contributed by atoms with Crippen LogP contribution in [0.3, 0.4) is 0 Å². The summed E-state index contributed by atoms with van der Waals surface area (Å²) in [6.07, 6.45) is 0. The molecule has 0 radical (unpaired) electrons. The Kier molecular flexibility index (Phi) is 6.50. The van der Waals surface area contributed by atoms with Crippen LogP contribution in [0.5, 0.6) is 5.75 Å². The number of carbonyl (C=O) groups excluding carboxylic acids is 1. The van der Waals surface area contributed by atoms with E-state index < -0.39 is 5.43 Å². The minimum Gasteiger partial charge on any atom is -0.476 e. The summed E-state index contributed by atoms with van der Waals surface area (Å²) in [7, 11) is 0. The van der Waals surface area contributed by atoms with E-state index in [0.29, 0.717) is 33.7 Å². The molecular weight excluding hydrogens is 413 g/mol. The molecule has 29 heavy (non-hydrogen) atoms. The van der Waals surface area contributed by atoms with E-state index in [9.17, 15) is 9.59 Å². The van der Waals surface area contributed by atoms with Crippen LogP contribution in [0.4, 0.5) is 0 Å². The fourth-order valence-corrected chi connectivity index (χ4v) is 3.14. The zero-order chi connectivity index (χ0) is 21.1. The van der Waals surface area contributed by atoms with E-state index in [2.05, 4.69) is 5.32 Å². The SMILES string of the molecule is Cc1cc2oc(-c3ccccc3Cl)c(OCC(=O)NCC(C)C)c(=O)c2cc1Cl. The molecule has 0 aliphatic carbocycles. The number of hydrogen-bond acceptors (Lipinski definition) is 4. The van der Waals surface area contributed by atoms with Crippen LogP contribution in [0.15, 0.2) is 45.6 Å². The predicted octanol–water partition coefficient (Wildman–Crippen LogP) is 5.23. The van der Waals surface area contributed by atoms with Gasteiger partial charge in [-0.25, -0.2) is 0 Å². The van der Waals surface area contributed by atoms with Crippen molar-refractivity contribution in [2.24, 2.45) is 5.92 Å². The average molecular weight is 434 g/mol. The molecule has 0 saturated carbocycles. The van der Waals surface area contributed by atoms with Gasteiger partial charge in [0.25, 0.3) is 5.91 Å². The Morgan fingerprint density at radius 1 is 1.17 bits per heavy atom. The van der Waals surface area contributed by atoms with Crippen LogP contribution in [-0.2, 0) is 4.79 Å². The predicted molar refractivity (Wildman–Crippen MR) is 116 cm³/mol. The van der Waals surface area contributed by atoms with Crippen LogP contribution in [0.1, 0.15) is 19.4 Å². The number of aryl methyl sites for hydroxylation is 1. The maximum absolute atomic E-state index is 13.2. The van der Waals surface area contributed by atoms with Gasteiger partial charge in [0, 0.05) is 17.1 Å². The highest BCUT2D eigenvalue weighted by Crippen LogP contribution is 2.36. The average Bonchev–Trinajstić information content (AvgIpc) is 2.67. The van der Waals surface area contributed by atoms with Crippen molar-refractivity contribution >= 4 is 40.1 Å². The molecule has 2 aromatic carbocycles. The molecular formula is C22H21Cl2NO4. The number of hydrogen-bond donors (Lipinski definition) is 1. The fourth-order valence-electron chi connectivity index (χ4n) is 2.76. The van der Waals surface area contributed by atoms with Gasteiger partial charge in [-0.3, -0.25) is 9.59 Å². The number of benzene rings is 2. The summed E-state index contributed by atoms with van der Waals surface area (Å²) < 4.78 is 11.6. The number of amides is 1. The second-order valence-electron chi connectivity index (χ2n) is 7.15. The van der Waals surface area contributed by atoms with E-state index in [-0.39, 0.29) is 29.4 Å². The van der Waals surface area contributed by atoms with Crippen molar-refractivity contribution < 1.29 is 13.9 Å². The Hall–Kier alpha value is -2.50. The van der Waals surface area contributed by atoms with Gasteiger partial charge in [0.05, 0.1) is 10.4 Å². The van der Waals surface area contributed by atoms with E-state index in [4.69, 9.17) is 32.4 Å². The maximum atomic E-state index is 13.2. The molecule has 0 aliphatic rings. The number of nitrogens with one attached hydrogen (secondary N) is 1. The Morgan fingerprint density at radius 2 is 1.90 bits per heavy atom. The van der Waals surface area contributed by atoms with Crippen molar-refractivity contribution in [3.8, 4) is 17.1 Å². The normalized spacial score (nSPS) is 11.1. The molecule has 0 fully saturated rings. The van der Waals surface area contributed by atoms with E-state index >= 15 is 0 Å². The summed E-state index contributed by atoms with van der Waals surface area (Å²) >= 11 is 12.5.